The van der Waals surface area contributed by atoms with Crippen LogP contribution in [0.1, 0.15) is 58.3 Å². The molecule has 1 spiro atoms. The van der Waals surface area contributed by atoms with Crippen molar-refractivity contribution >= 4 is 0 Å². The minimum Gasteiger partial charge on any atom is -0.310 e. The number of nitrogens with one attached hydrogen (secondary N) is 1. The molecule has 3 fully saturated rings. The molecule has 0 atom stereocenters. The number of hydrogen-bond acceptors (Lipinski definition) is 2. The van der Waals surface area contributed by atoms with Crippen molar-refractivity contribution in [2.24, 2.45) is 5.41 Å². The van der Waals surface area contributed by atoms with Gasteiger partial charge in [0, 0.05) is 18.6 Å². The van der Waals surface area contributed by atoms with Crippen molar-refractivity contribution in [2.75, 3.05) is 26.2 Å². The summed E-state index contributed by atoms with van der Waals surface area (Å²) in [5, 5.41) is 3.87. The van der Waals surface area contributed by atoms with Crippen molar-refractivity contribution in [1.29, 1.82) is 0 Å². The Labute approximate surface area is 106 Å². The van der Waals surface area contributed by atoms with E-state index in [9.17, 15) is 0 Å². The lowest BCUT2D eigenvalue weighted by atomic mass is 9.70. The molecule has 0 aromatic heterocycles. The van der Waals surface area contributed by atoms with Crippen LogP contribution in [0.2, 0.25) is 0 Å². The standard InChI is InChI=1S/C15H28N2/c1-14(6-4-7-14)12-17-11-5-10-16-15(13-17)8-2-3-9-15/h16H,2-13H2,1H3. The molecule has 1 saturated heterocycles. The fourth-order valence-electron chi connectivity index (χ4n) is 4.22. The molecule has 98 valence electrons. The SMILES string of the molecule is CC1(CN2CCCNC3(CCCC3)C2)CCC1. The normalized spacial score (nSPS) is 32.3. The van der Waals surface area contributed by atoms with Gasteiger partial charge >= 0.3 is 0 Å². The van der Waals surface area contributed by atoms with Crippen LogP contribution in [0.4, 0.5) is 0 Å². The maximum Gasteiger partial charge on any atom is 0.0308 e. The second-order valence-corrected chi connectivity index (χ2v) is 7.14. The highest BCUT2D eigenvalue weighted by Gasteiger charge is 2.39. The number of hydrogen-bond donors (Lipinski definition) is 1. The molecule has 3 rings (SSSR count). The van der Waals surface area contributed by atoms with Gasteiger partial charge in [0.05, 0.1) is 0 Å². The Morgan fingerprint density at radius 2 is 1.76 bits per heavy atom. The van der Waals surface area contributed by atoms with Crippen LogP contribution in [0.15, 0.2) is 0 Å². The van der Waals surface area contributed by atoms with Gasteiger partial charge < -0.3 is 10.2 Å². The maximum absolute atomic E-state index is 3.87. The van der Waals surface area contributed by atoms with E-state index in [-0.39, 0.29) is 0 Å². The molecule has 3 aliphatic rings. The number of rotatable bonds is 2. The predicted molar refractivity (Wildman–Crippen MR) is 72.2 cm³/mol. The molecule has 1 aliphatic heterocycles. The van der Waals surface area contributed by atoms with Crippen LogP contribution in [-0.2, 0) is 0 Å². The largest absolute Gasteiger partial charge is 0.310 e. The molecule has 0 aromatic carbocycles. The van der Waals surface area contributed by atoms with Crippen LogP contribution in [0.5, 0.6) is 0 Å². The van der Waals surface area contributed by atoms with Crippen molar-refractivity contribution in [3.63, 3.8) is 0 Å². The molecule has 0 bridgehead atoms. The first-order valence-corrected chi connectivity index (χ1v) is 7.67. The molecular formula is C15H28N2. The Balaban J connectivity index is 1.63. The van der Waals surface area contributed by atoms with Crippen LogP contribution >= 0.6 is 0 Å². The Bertz CT molecular complexity index is 264. The summed E-state index contributed by atoms with van der Waals surface area (Å²) < 4.78 is 0. The topological polar surface area (TPSA) is 15.3 Å². The fraction of sp³-hybridized carbons (Fsp3) is 1.00. The Morgan fingerprint density at radius 3 is 2.41 bits per heavy atom. The van der Waals surface area contributed by atoms with Gasteiger partial charge in [-0.2, -0.15) is 0 Å². The summed E-state index contributed by atoms with van der Waals surface area (Å²) in [5.74, 6) is 0. The maximum atomic E-state index is 3.87. The molecule has 2 nitrogen and oxygen atoms in total. The molecular weight excluding hydrogens is 208 g/mol. The van der Waals surface area contributed by atoms with Crippen LogP contribution in [0.25, 0.3) is 0 Å². The van der Waals surface area contributed by atoms with Gasteiger partial charge in [-0.25, -0.2) is 0 Å². The summed E-state index contributed by atoms with van der Waals surface area (Å²) in [5.41, 5.74) is 1.15. The van der Waals surface area contributed by atoms with E-state index < -0.39 is 0 Å². The number of nitrogens with zero attached hydrogens (tertiary/aromatic N) is 1. The highest BCUT2D eigenvalue weighted by Crippen LogP contribution is 2.42. The average molecular weight is 236 g/mol. The van der Waals surface area contributed by atoms with E-state index in [0.717, 1.165) is 0 Å². The summed E-state index contributed by atoms with van der Waals surface area (Å²) in [4.78, 5) is 2.78. The van der Waals surface area contributed by atoms with Crippen LogP contribution in [0.3, 0.4) is 0 Å². The molecule has 17 heavy (non-hydrogen) atoms. The third-order valence-electron chi connectivity index (χ3n) is 5.40. The van der Waals surface area contributed by atoms with Gasteiger partial charge in [-0.15, -0.1) is 0 Å². The van der Waals surface area contributed by atoms with E-state index in [1.807, 2.05) is 0 Å². The minimum atomic E-state index is 0.497. The van der Waals surface area contributed by atoms with Crippen molar-refractivity contribution in [2.45, 2.75) is 63.8 Å². The van der Waals surface area contributed by atoms with Gasteiger partial charge in [-0.05, 0) is 50.6 Å². The molecule has 2 aliphatic carbocycles. The monoisotopic (exact) mass is 236 g/mol. The van der Waals surface area contributed by atoms with E-state index in [0.29, 0.717) is 11.0 Å². The fourth-order valence-corrected chi connectivity index (χ4v) is 4.22. The van der Waals surface area contributed by atoms with Gasteiger partial charge in [0.25, 0.3) is 0 Å². The summed E-state index contributed by atoms with van der Waals surface area (Å²) in [6, 6.07) is 0. The average Bonchev–Trinajstić information content (AvgIpc) is 2.61. The molecule has 1 N–H and O–H groups in total. The highest BCUT2D eigenvalue weighted by molar-refractivity contribution is 4.98. The first-order valence-electron chi connectivity index (χ1n) is 7.67. The second kappa shape index (κ2) is 4.55. The van der Waals surface area contributed by atoms with E-state index in [4.69, 9.17) is 0 Å². The van der Waals surface area contributed by atoms with E-state index in [1.165, 1.54) is 77.5 Å². The lowest BCUT2D eigenvalue weighted by Gasteiger charge is -2.44. The van der Waals surface area contributed by atoms with Gasteiger partial charge in [0.15, 0.2) is 0 Å². The van der Waals surface area contributed by atoms with Gasteiger partial charge in [0.1, 0.15) is 0 Å². The molecule has 2 heteroatoms. The van der Waals surface area contributed by atoms with Crippen molar-refractivity contribution in [3.05, 3.63) is 0 Å². The summed E-state index contributed by atoms with van der Waals surface area (Å²) >= 11 is 0. The first kappa shape index (κ1) is 12.0. The van der Waals surface area contributed by atoms with Crippen molar-refractivity contribution in [3.8, 4) is 0 Å². The zero-order valence-electron chi connectivity index (χ0n) is 11.4. The molecule has 2 saturated carbocycles. The molecule has 0 aromatic rings. The predicted octanol–water partition coefficient (Wildman–Crippen LogP) is 2.78. The lowest BCUT2D eigenvalue weighted by molar-refractivity contribution is 0.0741. The first-order chi connectivity index (χ1) is 8.20. The van der Waals surface area contributed by atoms with Crippen molar-refractivity contribution in [1.82, 2.24) is 10.2 Å². The van der Waals surface area contributed by atoms with Crippen LogP contribution in [0, 0.1) is 5.41 Å². The molecule has 0 amide bonds. The van der Waals surface area contributed by atoms with Gasteiger partial charge in [0.2, 0.25) is 0 Å². The van der Waals surface area contributed by atoms with E-state index in [1.54, 1.807) is 0 Å². The Morgan fingerprint density at radius 1 is 1.00 bits per heavy atom. The minimum absolute atomic E-state index is 0.497. The van der Waals surface area contributed by atoms with E-state index >= 15 is 0 Å². The summed E-state index contributed by atoms with van der Waals surface area (Å²) in [6.07, 6.45) is 11.5. The van der Waals surface area contributed by atoms with Crippen LogP contribution in [-0.4, -0.2) is 36.6 Å². The zero-order valence-corrected chi connectivity index (χ0v) is 11.4. The zero-order chi connectivity index (χ0) is 11.8. The third-order valence-corrected chi connectivity index (χ3v) is 5.40. The van der Waals surface area contributed by atoms with Crippen molar-refractivity contribution < 1.29 is 0 Å². The van der Waals surface area contributed by atoms with Gasteiger partial charge in [-0.1, -0.05) is 26.2 Å². The second-order valence-electron chi connectivity index (χ2n) is 7.14. The molecule has 0 radical (unpaired) electrons. The van der Waals surface area contributed by atoms with Crippen LogP contribution < -0.4 is 5.32 Å². The lowest BCUT2D eigenvalue weighted by Crippen LogP contribution is -2.51. The smallest absolute Gasteiger partial charge is 0.0308 e. The summed E-state index contributed by atoms with van der Waals surface area (Å²) in [6.45, 7) is 7.74. The Kier molecular flexibility index (Phi) is 3.20. The summed E-state index contributed by atoms with van der Waals surface area (Å²) in [7, 11) is 0. The quantitative estimate of drug-likeness (QED) is 0.793. The Hall–Kier alpha value is -0.0800. The molecule has 0 unspecified atom stereocenters. The highest BCUT2D eigenvalue weighted by atomic mass is 15.2. The third kappa shape index (κ3) is 2.53. The van der Waals surface area contributed by atoms with Gasteiger partial charge in [-0.3, -0.25) is 0 Å². The molecule has 1 heterocycles. The van der Waals surface area contributed by atoms with E-state index in [2.05, 4.69) is 17.1 Å².